The highest BCUT2D eigenvalue weighted by atomic mass is 35.5. The Labute approximate surface area is 165 Å². The maximum atomic E-state index is 14.1. The summed E-state index contributed by atoms with van der Waals surface area (Å²) in [7, 11) is 1.28. The standard InChI is InChI=1S/C18H25ClFN3O3S/c1-14-8-9-15(26-14)12-23(11-10-21(2)3)27(24,25)22(4)13-16-17(19)6-5-7-18(16)20/h5-9H,10-13H2,1-4H3. The summed E-state index contributed by atoms with van der Waals surface area (Å²) in [5.74, 6) is 0.722. The van der Waals surface area contributed by atoms with E-state index in [4.69, 9.17) is 16.0 Å². The van der Waals surface area contributed by atoms with Gasteiger partial charge in [0.1, 0.15) is 17.3 Å². The van der Waals surface area contributed by atoms with Crippen molar-refractivity contribution in [3.63, 3.8) is 0 Å². The topological polar surface area (TPSA) is 57.0 Å². The van der Waals surface area contributed by atoms with Crippen LogP contribution in [0.15, 0.2) is 34.7 Å². The van der Waals surface area contributed by atoms with Gasteiger partial charge in [0, 0.05) is 37.3 Å². The molecule has 0 aliphatic rings. The van der Waals surface area contributed by atoms with Crippen molar-refractivity contribution in [3.8, 4) is 0 Å². The first kappa shape index (κ1) is 21.8. The molecule has 2 aromatic rings. The highest BCUT2D eigenvalue weighted by Gasteiger charge is 2.29. The molecule has 0 fully saturated rings. The van der Waals surface area contributed by atoms with Crippen LogP contribution in [0.5, 0.6) is 0 Å². The van der Waals surface area contributed by atoms with Crippen LogP contribution in [0.25, 0.3) is 0 Å². The summed E-state index contributed by atoms with van der Waals surface area (Å²) in [4.78, 5) is 1.89. The predicted octanol–water partition coefficient (Wildman–Crippen LogP) is 3.12. The molecular formula is C18H25ClFN3O3S. The molecule has 9 heteroatoms. The normalized spacial score (nSPS) is 12.5. The smallest absolute Gasteiger partial charge is 0.282 e. The summed E-state index contributed by atoms with van der Waals surface area (Å²) in [5, 5.41) is 0.193. The third kappa shape index (κ3) is 5.76. The van der Waals surface area contributed by atoms with E-state index in [0.29, 0.717) is 18.1 Å². The van der Waals surface area contributed by atoms with Gasteiger partial charge in [-0.25, -0.2) is 4.39 Å². The summed E-state index contributed by atoms with van der Waals surface area (Å²) in [6, 6.07) is 7.82. The summed E-state index contributed by atoms with van der Waals surface area (Å²) >= 11 is 6.04. The van der Waals surface area contributed by atoms with Gasteiger partial charge in [-0.2, -0.15) is 17.0 Å². The molecule has 0 saturated heterocycles. The molecule has 27 heavy (non-hydrogen) atoms. The first-order valence-electron chi connectivity index (χ1n) is 8.45. The van der Waals surface area contributed by atoms with Crippen molar-refractivity contribution < 1.29 is 17.2 Å². The minimum absolute atomic E-state index is 0.0966. The van der Waals surface area contributed by atoms with Crippen LogP contribution >= 0.6 is 11.6 Å². The minimum Gasteiger partial charge on any atom is -0.465 e. The highest BCUT2D eigenvalue weighted by molar-refractivity contribution is 7.86. The molecule has 0 amide bonds. The molecule has 0 saturated carbocycles. The number of halogens is 2. The van der Waals surface area contributed by atoms with E-state index in [2.05, 4.69) is 0 Å². The lowest BCUT2D eigenvalue weighted by molar-refractivity contribution is 0.290. The SMILES string of the molecule is Cc1ccc(CN(CCN(C)C)S(=O)(=O)N(C)Cc2c(F)cccc2Cl)o1. The molecule has 0 unspecified atom stereocenters. The van der Waals surface area contributed by atoms with Gasteiger partial charge in [0.05, 0.1) is 6.54 Å². The number of benzene rings is 1. The van der Waals surface area contributed by atoms with Gasteiger partial charge in [-0.3, -0.25) is 0 Å². The molecule has 0 N–H and O–H groups in total. The van der Waals surface area contributed by atoms with Crippen LogP contribution in [-0.4, -0.2) is 56.2 Å². The average molecular weight is 418 g/mol. The Morgan fingerprint density at radius 1 is 1.07 bits per heavy atom. The van der Waals surface area contributed by atoms with E-state index in [1.165, 1.54) is 29.6 Å². The monoisotopic (exact) mass is 417 g/mol. The van der Waals surface area contributed by atoms with Crippen LogP contribution in [0.3, 0.4) is 0 Å². The fourth-order valence-corrected chi connectivity index (χ4v) is 4.03. The quantitative estimate of drug-likeness (QED) is 0.629. The molecule has 1 heterocycles. The molecule has 0 radical (unpaired) electrons. The number of aryl methyl sites for hydroxylation is 1. The van der Waals surface area contributed by atoms with E-state index < -0.39 is 16.0 Å². The van der Waals surface area contributed by atoms with Crippen LogP contribution in [-0.2, 0) is 23.3 Å². The molecule has 0 aliphatic carbocycles. The van der Waals surface area contributed by atoms with Crippen molar-refractivity contribution in [3.05, 3.63) is 58.3 Å². The first-order valence-corrected chi connectivity index (χ1v) is 10.2. The van der Waals surface area contributed by atoms with E-state index >= 15 is 0 Å². The van der Waals surface area contributed by atoms with Crippen LogP contribution in [0.2, 0.25) is 5.02 Å². The summed E-state index contributed by atoms with van der Waals surface area (Å²) in [5.41, 5.74) is 0.145. The van der Waals surface area contributed by atoms with Crippen molar-refractivity contribution in [2.45, 2.75) is 20.0 Å². The zero-order valence-corrected chi connectivity index (χ0v) is 17.5. The molecule has 0 spiro atoms. The van der Waals surface area contributed by atoms with E-state index in [-0.39, 0.29) is 30.2 Å². The van der Waals surface area contributed by atoms with Crippen molar-refractivity contribution in [1.82, 2.24) is 13.5 Å². The highest BCUT2D eigenvalue weighted by Crippen LogP contribution is 2.23. The van der Waals surface area contributed by atoms with Gasteiger partial charge >= 0.3 is 0 Å². The van der Waals surface area contributed by atoms with Crippen molar-refractivity contribution in [1.29, 1.82) is 0 Å². The second-order valence-electron chi connectivity index (χ2n) is 6.61. The molecule has 2 rings (SSSR count). The first-order chi connectivity index (χ1) is 12.6. The Morgan fingerprint density at radius 3 is 2.33 bits per heavy atom. The lowest BCUT2D eigenvalue weighted by Crippen LogP contribution is -2.43. The van der Waals surface area contributed by atoms with Gasteiger partial charge < -0.3 is 9.32 Å². The third-order valence-corrected chi connectivity index (χ3v) is 6.32. The van der Waals surface area contributed by atoms with Gasteiger partial charge in [-0.15, -0.1) is 0 Å². The van der Waals surface area contributed by atoms with Crippen molar-refractivity contribution >= 4 is 21.8 Å². The number of nitrogens with zero attached hydrogens (tertiary/aromatic N) is 3. The van der Waals surface area contributed by atoms with Gasteiger partial charge in [-0.1, -0.05) is 17.7 Å². The molecule has 0 bridgehead atoms. The zero-order valence-electron chi connectivity index (χ0n) is 15.9. The van der Waals surface area contributed by atoms with E-state index in [0.717, 1.165) is 4.31 Å². The molecule has 6 nitrogen and oxygen atoms in total. The fourth-order valence-electron chi connectivity index (χ4n) is 2.52. The van der Waals surface area contributed by atoms with E-state index in [1.807, 2.05) is 19.0 Å². The van der Waals surface area contributed by atoms with E-state index in [1.54, 1.807) is 19.1 Å². The molecule has 0 atom stereocenters. The summed E-state index contributed by atoms with van der Waals surface area (Å²) in [6.07, 6.45) is 0. The summed E-state index contributed by atoms with van der Waals surface area (Å²) < 4.78 is 48.2. The molecule has 1 aromatic carbocycles. The summed E-state index contributed by atoms with van der Waals surface area (Å²) in [6.45, 7) is 2.54. The Kier molecular flexibility index (Phi) is 7.41. The van der Waals surface area contributed by atoms with Crippen LogP contribution < -0.4 is 0 Å². The van der Waals surface area contributed by atoms with E-state index in [9.17, 15) is 12.8 Å². The fraction of sp³-hybridized carbons (Fsp3) is 0.444. The second-order valence-corrected chi connectivity index (χ2v) is 9.06. The number of rotatable bonds is 9. The van der Waals surface area contributed by atoms with Crippen LogP contribution in [0.4, 0.5) is 4.39 Å². The van der Waals surface area contributed by atoms with Gasteiger partial charge in [0.2, 0.25) is 0 Å². The van der Waals surface area contributed by atoms with Gasteiger partial charge in [0.25, 0.3) is 10.2 Å². The second kappa shape index (κ2) is 9.16. The lowest BCUT2D eigenvalue weighted by Gasteiger charge is -2.28. The molecule has 1 aromatic heterocycles. The largest absolute Gasteiger partial charge is 0.465 e. The number of hydrogen-bond donors (Lipinski definition) is 0. The van der Waals surface area contributed by atoms with Crippen molar-refractivity contribution in [2.24, 2.45) is 0 Å². The van der Waals surface area contributed by atoms with Crippen LogP contribution in [0.1, 0.15) is 17.1 Å². The minimum atomic E-state index is -3.86. The van der Waals surface area contributed by atoms with Gasteiger partial charge in [-0.05, 0) is 45.3 Å². The molecule has 150 valence electrons. The Balaban J connectivity index is 2.25. The zero-order chi connectivity index (χ0) is 20.2. The number of hydrogen-bond acceptors (Lipinski definition) is 4. The molecule has 0 aliphatic heterocycles. The van der Waals surface area contributed by atoms with Gasteiger partial charge in [0.15, 0.2) is 0 Å². The van der Waals surface area contributed by atoms with Crippen molar-refractivity contribution in [2.75, 3.05) is 34.2 Å². The Hall–Kier alpha value is -1.45. The average Bonchev–Trinajstić information content (AvgIpc) is 2.99. The predicted molar refractivity (Wildman–Crippen MR) is 104 cm³/mol. The maximum absolute atomic E-state index is 14.1. The number of likely N-dealkylation sites (N-methyl/N-ethyl adjacent to an activating group) is 1. The maximum Gasteiger partial charge on any atom is 0.282 e. The Bertz CT molecular complexity index is 850. The number of furan rings is 1. The Morgan fingerprint density at radius 2 is 1.78 bits per heavy atom. The van der Waals surface area contributed by atoms with Crippen LogP contribution in [0, 0.1) is 12.7 Å². The lowest BCUT2D eigenvalue weighted by atomic mass is 10.2. The molecular weight excluding hydrogens is 393 g/mol. The third-order valence-electron chi connectivity index (χ3n) is 4.09.